The molecule has 0 spiro atoms. The molecule has 29 heavy (non-hydrogen) atoms. The maximum Gasteiger partial charge on any atom is 1.00 e. The van der Waals surface area contributed by atoms with E-state index >= 15 is 0 Å². The van der Waals surface area contributed by atoms with Crippen LogP contribution in [0.25, 0.3) is 0 Å². The Kier molecular flexibility index (Phi) is 11.7. The van der Waals surface area contributed by atoms with Crippen LogP contribution in [0.4, 0.5) is 0 Å². The van der Waals surface area contributed by atoms with Crippen LogP contribution in [0.5, 0.6) is 17.2 Å². The van der Waals surface area contributed by atoms with E-state index in [0.717, 1.165) is 24.9 Å². The first-order valence-electron chi connectivity index (χ1n) is 9.18. The molecular weight excluding hydrogens is 385 g/mol. The minimum Gasteiger partial charge on any atom is -0.546 e. The van der Waals surface area contributed by atoms with Gasteiger partial charge in [0.1, 0.15) is 23.9 Å². The van der Waals surface area contributed by atoms with Gasteiger partial charge in [-0.1, -0.05) is 12.1 Å². The average Bonchev–Trinajstić information content (AvgIpc) is 2.68. The number of hydrogen-bond acceptors (Lipinski definition) is 7. The SMILES string of the molecule is C[C@H](Cc1ccc(OCC(=O)[O-])cc1)NCCCOc1ccc(O)c(CO)c1.[Na+]. The van der Waals surface area contributed by atoms with Crippen LogP contribution in [0.3, 0.4) is 0 Å². The maximum atomic E-state index is 10.4. The molecule has 7 nitrogen and oxygen atoms in total. The van der Waals surface area contributed by atoms with Gasteiger partial charge in [0.15, 0.2) is 0 Å². The van der Waals surface area contributed by atoms with Crippen LogP contribution in [0.15, 0.2) is 42.5 Å². The normalized spacial score (nSPS) is 11.4. The molecule has 0 radical (unpaired) electrons. The van der Waals surface area contributed by atoms with Crippen LogP contribution in [0.2, 0.25) is 0 Å². The number of aromatic hydroxyl groups is 1. The fourth-order valence-corrected chi connectivity index (χ4v) is 2.68. The number of aliphatic carboxylic acids is 1. The second kappa shape index (κ2) is 13.5. The van der Waals surface area contributed by atoms with Crippen molar-refractivity contribution in [2.75, 3.05) is 19.8 Å². The molecule has 0 amide bonds. The summed E-state index contributed by atoms with van der Waals surface area (Å²) in [5.41, 5.74) is 1.57. The molecule has 2 rings (SSSR count). The number of ether oxygens (including phenoxy) is 2. The number of rotatable bonds is 12. The van der Waals surface area contributed by atoms with E-state index < -0.39 is 12.6 Å². The van der Waals surface area contributed by atoms with Crippen molar-refractivity contribution in [2.24, 2.45) is 0 Å². The molecule has 0 unspecified atom stereocenters. The number of hydrogen-bond donors (Lipinski definition) is 3. The van der Waals surface area contributed by atoms with Gasteiger partial charge < -0.3 is 34.9 Å². The van der Waals surface area contributed by atoms with Crippen molar-refractivity contribution in [2.45, 2.75) is 32.4 Å². The molecule has 2 aromatic carbocycles. The summed E-state index contributed by atoms with van der Waals surface area (Å²) in [7, 11) is 0. The van der Waals surface area contributed by atoms with Crippen molar-refractivity contribution in [3.63, 3.8) is 0 Å². The van der Waals surface area contributed by atoms with E-state index in [9.17, 15) is 15.0 Å². The van der Waals surface area contributed by atoms with E-state index in [0.29, 0.717) is 23.7 Å². The van der Waals surface area contributed by atoms with E-state index in [2.05, 4.69) is 12.2 Å². The number of carbonyl (C=O) groups is 1. The zero-order valence-corrected chi connectivity index (χ0v) is 18.9. The monoisotopic (exact) mass is 411 g/mol. The molecular formula is C21H26NNaO6. The fraction of sp³-hybridized carbons (Fsp3) is 0.381. The Balaban J connectivity index is 0.00000420. The summed E-state index contributed by atoms with van der Waals surface area (Å²) in [5.74, 6) is -0.0610. The largest absolute Gasteiger partial charge is 1.00 e. The summed E-state index contributed by atoms with van der Waals surface area (Å²) in [5, 5.41) is 32.5. The van der Waals surface area contributed by atoms with Gasteiger partial charge in [-0.2, -0.15) is 0 Å². The zero-order chi connectivity index (χ0) is 20.4. The Bertz CT molecular complexity index is 753. The van der Waals surface area contributed by atoms with Gasteiger partial charge in [-0.15, -0.1) is 0 Å². The number of phenols is 1. The first-order valence-corrected chi connectivity index (χ1v) is 9.18. The number of aliphatic hydroxyl groups is 1. The fourth-order valence-electron chi connectivity index (χ4n) is 2.68. The van der Waals surface area contributed by atoms with Gasteiger partial charge >= 0.3 is 29.6 Å². The summed E-state index contributed by atoms with van der Waals surface area (Å²) in [4.78, 5) is 10.4. The van der Waals surface area contributed by atoms with E-state index in [1.165, 1.54) is 6.07 Å². The Labute approximate surface area is 193 Å². The van der Waals surface area contributed by atoms with Crippen molar-refractivity contribution < 1.29 is 59.1 Å². The third-order valence-corrected chi connectivity index (χ3v) is 4.13. The summed E-state index contributed by atoms with van der Waals surface area (Å²) < 4.78 is 10.7. The van der Waals surface area contributed by atoms with Crippen LogP contribution in [-0.4, -0.2) is 42.0 Å². The van der Waals surface area contributed by atoms with Crippen molar-refractivity contribution in [3.8, 4) is 17.2 Å². The molecule has 1 atom stereocenters. The van der Waals surface area contributed by atoms with Crippen LogP contribution >= 0.6 is 0 Å². The number of carboxylic acids is 1. The molecule has 2 aromatic rings. The third kappa shape index (κ3) is 9.51. The van der Waals surface area contributed by atoms with Crippen LogP contribution in [0.1, 0.15) is 24.5 Å². The molecule has 0 aliphatic heterocycles. The van der Waals surface area contributed by atoms with E-state index in [4.69, 9.17) is 14.6 Å². The second-order valence-electron chi connectivity index (χ2n) is 6.51. The molecule has 0 heterocycles. The van der Waals surface area contributed by atoms with Crippen molar-refractivity contribution >= 4 is 5.97 Å². The topological polar surface area (TPSA) is 111 Å². The second-order valence-corrected chi connectivity index (χ2v) is 6.51. The van der Waals surface area contributed by atoms with Gasteiger partial charge in [-0.25, -0.2) is 0 Å². The zero-order valence-electron chi connectivity index (χ0n) is 16.9. The maximum absolute atomic E-state index is 10.4. The van der Waals surface area contributed by atoms with Crippen molar-refractivity contribution in [1.82, 2.24) is 5.32 Å². The van der Waals surface area contributed by atoms with Gasteiger partial charge in [0, 0.05) is 11.6 Å². The number of nitrogens with one attached hydrogen (secondary N) is 1. The predicted octanol–water partition coefficient (Wildman–Crippen LogP) is -1.99. The molecule has 0 saturated carbocycles. The molecule has 8 heteroatoms. The molecule has 0 aliphatic carbocycles. The van der Waals surface area contributed by atoms with Gasteiger partial charge in [0.25, 0.3) is 0 Å². The average molecular weight is 411 g/mol. The first-order chi connectivity index (χ1) is 13.5. The molecule has 152 valence electrons. The quantitative estimate of drug-likeness (QED) is 0.274. The summed E-state index contributed by atoms with van der Waals surface area (Å²) in [6.07, 6.45) is 1.65. The number of carboxylic acid groups (broad SMARTS) is 1. The summed E-state index contributed by atoms with van der Waals surface area (Å²) >= 11 is 0. The predicted molar refractivity (Wildman–Crippen MR) is 102 cm³/mol. The third-order valence-electron chi connectivity index (χ3n) is 4.13. The Hall–Kier alpha value is -1.77. The first kappa shape index (κ1) is 25.3. The van der Waals surface area contributed by atoms with Crippen LogP contribution < -0.4 is 49.5 Å². The van der Waals surface area contributed by atoms with Crippen LogP contribution in [-0.2, 0) is 17.8 Å². The van der Waals surface area contributed by atoms with Crippen LogP contribution in [0, 0.1) is 0 Å². The Morgan fingerprint density at radius 2 is 1.83 bits per heavy atom. The molecule has 3 N–H and O–H groups in total. The molecule has 0 fully saturated rings. The minimum atomic E-state index is -1.25. The van der Waals surface area contributed by atoms with Gasteiger partial charge in [0.05, 0.1) is 19.2 Å². The van der Waals surface area contributed by atoms with Crippen molar-refractivity contribution in [3.05, 3.63) is 53.6 Å². The Morgan fingerprint density at radius 1 is 1.14 bits per heavy atom. The van der Waals surface area contributed by atoms with Gasteiger partial charge in [-0.05, 0) is 62.2 Å². The van der Waals surface area contributed by atoms with Crippen molar-refractivity contribution in [1.29, 1.82) is 0 Å². The molecule has 0 aromatic heterocycles. The standard InChI is InChI=1S/C21H27NO6.Na/c1-15(11-16-3-5-18(6-4-16)28-14-21(25)26)22-9-2-10-27-19-7-8-20(24)17(12-19)13-23;/h3-8,12,15,22-24H,2,9-11,13-14H2,1H3,(H,25,26);/q;+1/p-1/t15-;/m1./s1. The van der Waals surface area contributed by atoms with Gasteiger partial charge in [-0.3, -0.25) is 0 Å². The summed E-state index contributed by atoms with van der Waals surface area (Å²) in [6, 6.07) is 12.4. The van der Waals surface area contributed by atoms with E-state index in [1.807, 2.05) is 12.1 Å². The van der Waals surface area contributed by atoms with Gasteiger partial charge in [0.2, 0.25) is 0 Å². The van der Waals surface area contributed by atoms with E-state index in [-0.39, 0.29) is 48.0 Å². The molecule has 0 aliphatic rings. The number of aliphatic hydroxyl groups excluding tert-OH is 1. The minimum absolute atomic E-state index is 0. The Morgan fingerprint density at radius 3 is 2.48 bits per heavy atom. The molecule has 0 saturated heterocycles. The number of carbonyl (C=O) groups excluding carboxylic acids is 1. The van der Waals surface area contributed by atoms with E-state index in [1.54, 1.807) is 24.3 Å². The summed E-state index contributed by atoms with van der Waals surface area (Å²) in [6.45, 7) is 2.73. The molecule has 0 bridgehead atoms. The smallest absolute Gasteiger partial charge is 0.546 e. The number of benzene rings is 2.